The number of hydrogen-bond acceptors (Lipinski definition) is 3. The van der Waals surface area contributed by atoms with Crippen LogP contribution >= 0.6 is 23.2 Å². The van der Waals surface area contributed by atoms with E-state index in [4.69, 9.17) is 32.6 Å². The molecule has 128 valence electrons. The number of pyridine rings is 1. The van der Waals surface area contributed by atoms with Crippen molar-refractivity contribution >= 4 is 39.9 Å². The summed E-state index contributed by atoms with van der Waals surface area (Å²) in [5.41, 5.74) is 5.27. The molecule has 1 aliphatic heterocycles. The average Bonchev–Trinajstić information content (AvgIpc) is 3.21. The quantitative estimate of drug-likeness (QED) is 0.403. The first kappa shape index (κ1) is 15.7. The first-order valence-electron chi connectivity index (χ1n) is 8.19. The molecule has 4 aromatic rings. The summed E-state index contributed by atoms with van der Waals surface area (Å²) >= 11 is 12.5. The molecule has 0 bridgehead atoms. The van der Waals surface area contributed by atoms with Gasteiger partial charge >= 0.3 is 0 Å². The van der Waals surface area contributed by atoms with Crippen molar-refractivity contribution in [2.24, 2.45) is 4.99 Å². The lowest BCUT2D eigenvalue weighted by Gasteiger charge is -2.10. The minimum absolute atomic E-state index is 0.452. The lowest BCUT2D eigenvalue weighted by molar-refractivity contribution is 0.599. The number of benzene rings is 1. The van der Waals surface area contributed by atoms with Gasteiger partial charge in [0.15, 0.2) is 11.3 Å². The number of halogens is 2. The van der Waals surface area contributed by atoms with Crippen LogP contribution in [0.5, 0.6) is 0 Å². The van der Waals surface area contributed by atoms with Gasteiger partial charge in [0.05, 0.1) is 23.6 Å². The van der Waals surface area contributed by atoms with Gasteiger partial charge in [0.2, 0.25) is 0 Å². The molecule has 1 aliphatic rings. The normalized spacial score (nSPS) is 13.3. The maximum atomic E-state index is 6.42. The second kappa shape index (κ2) is 5.73. The van der Waals surface area contributed by atoms with Gasteiger partial charge in [-0.05, 0) is 43.3 Å². The molecule has 4 nitrogen and oxygen atoms in total. The van der Waals surface area contributed by atoms with Crippen LogP contribution in [0, 0.1) is 6.92 Å². The monoisotopic (exact) mass is 381 g/mol. The van der Waals surface area contributed by atoms with Crippen molar-refractivity contribution in [2.75, 3.05) is 0 Å². The lowest BCUT2D eigenvalue weighted by atomic mass is 10.1. The van der Waals surface area contributed by atoms with Crippen molar-refractivity contribution in [3.05, 3.63) is 81.5 Å². The Morgan fingerprint density at radius 2 is 2.00 bits per heavy atom. The Bertz CT molecular complexity index is 1200. The van der Waals surface area contributed by atoms with Gasteiger partial charge in [0.25, 0.3) is 0 Å². The van der Waals surface area contributed by atoms with Crippen molar-refractivity contribution in [3.8, 4) is 5.69 Å². The molecule has 0 fully saturated rings. The number of aryl methyl sites for hydroxylation is 1. The Labute approximate surface area is 159 Å². The number of aliphatic imine (C=N–C) groups is 1. The topological polar surface area (TPSA) is 43.3 Å². The molecule has 0 radical (unpaired) electrons. The van der Waals surface area contributed by atoms with E-state index in [-0.39, 0.29) is 0 Å². The van der Waals surface area contributed by atoms with E-state index < -0.39 is 0 Å². The summed E-state index contributed by atoms with van der Waals surface area (Å²) in [7, 11) is 0. The number of rotatable bonds is 1. The SMILES string of the molecule is Cc1nc(Cl)cc2cc(C3=NCc4c(Cl)cccc4-n4cccc43)oc12. The highest BCUT2D eigenvalue weighted by Crippen LogP contribution is 2.32. The van der Waals surface area contributed by atoms with Crippen molar-refractivity contribution in [2.45, 2.75) is 13.5 Å². The minimum atomic E-state index is 0.452. The number of fused-ring (bicyclic) bond motifs is 4. The third-order valence-corrected chi connectivity index (χ3v) is 5.16. The Balaban J connectivity index is 1.74. The Morgan fingerprint density at radius 1 is 1.12 bits per heavy atom. The van der Waals surface area contributed by atoms with Crippen LogP contribution in [0.1, 0.15) is 22.7 Å². The van der Waals surface area contributed by atoms with Crippen molar-refractivity contribution < 1.29 is 4.42 Å². The maximum Gasteiger partial charge on any atom is 0.156 e. The number of hydrogen-bond donors (Lipinski definition) is 0. The van der Waals surface area contributed by atoms with Crippen LogP contribution in [0.15, 0.2) is 58.1 Å². The molecule has 4 heterocycles. The van der Waals surface area contributed by atoms with Gasteiger partial charge in [-0.1, -0.05) is 29.3 Å². The number of furan rings is 1. The summed E-state index contributed by atoms with van der Waals surface area (Å²) in [5, 5.41) is 2.08. The second-order valence-electron chi connectivity index (χ2n) is 6.23. The predicted molar refractivity (Wildman–Crippen MR) is 104 cm³/mol. The van der Waals surface area contributed by atoms with Gasteiger partial charge < -0.3 is 8.98 Å². The zero-order valence-electron chi connectivity index (χ0n) is 13.8. The molecule has 0 atom stereocenters. The summed E-state index contributed by atoms with van der Waals surface area (Å²) in [5.74, 6) is 0.691. The van der Waals surface area contributed by atoms with Gasteiger partial charge in [-0.2, -0.15) is 0 Å². The molecule has 0 aliphatic carbocycles. The third-order valence-electron chi connectivity index (χ3n) is 4.61. The zero-order chi connectivity index (χ0) is 17.8. The van der Waals surface area contributed by atoms with E-state index in [1.807, 2.05) is 43.5 Å². The molecule has 3 aromatic heterocycles. The Morgan fingerprint density at radius 3 is 2.88 bits per heavy atom. The van der Waals surface area contributed by atoms with E-state index in [1.54, 1.807) is 6.07 Å². The Hall–Kier alpha value is -2.56. The number of nitrogens with zero attached hydrogens (tertiary/aromatic N) is 3. The molecule has 5 rings (SSSR count). The standard InChI is InChI=1S/C20H13Cl2N3O/c1-11-20-12(9-18(22)24-11)8-17(26-20)19-16-6-3-7-25(16)15-5-2-4-14(21)13(15)10-23-19/h2-9H,10H2,1H3. The molecule has 0 saturated carbocycles. The molecule has 6 heteroatoms. The smallest absolute Gasteiger partial charge is 0.156 e. The van der Waals surface area contributed by atoms with Crippen LogP contribution in [0.2, 0.25) is 10.2 Å². The van der Waals surface area contributed by atoms with Gasteiger partial charge in [-0.3, -0.25) is 4.99 Å². The van der Waals surface area contributed by atoms with E-state index in [9.17, 15) is 0 Å². The lowest BCUT2D eigenvalue weighted by Crippen LogP contribution is -2.07. The Kier molecular flexibility index (Phi) is 3.45. The van der Waals surface area contributed by atoms with Crippen LogP contribution in [-0.2, 0) is 6.54 Å². The fraction of sp³-hybridized carbons (Fsp3) is 0.100. The van der Waals surface area contributed by atoms with E-state index in [0.29, 0.717) is 22.5 Å². The average molecular weight is 382 g/mol. The predicted octanol–water partition coefficient (Wildman–Crippen LogP) is 5.58. The van der Waals surface area contributed by atoms with E-state index in [1.165, 1.54) is 0 Å². The molecule has 26 heavy (non-hydrogen) atoms. The van der Waals surface area contributed by atoms with Gasteiger partial charge in [-0.15, -0.1) is 0 Å². The fourth-order valence-electron chi connectivity index (χ4n) is 3.44. The highest BCUT2D eigenvalue weighted by Gasteiger charge is 2.22. The van der Waals surface area contributed by atoms with Crippen molar-refractivity contribution in [1.29, 1.82) is 0 Å². The third kappa shape index (κ3) is 2.30. The second-order valence-corrected chi connectivity index (χ2v) is 7.02. The van der Waals surface area contributed by atoms with E-state index in [0.717, 1.165) is 39.3 Å². The van der Waals surface area contributed by atoms with Gasteiger partial charge in [-0.25, -0.2) is 4.98 Å². The number of aromatic nitrogens is 2. The molecule has 0 spiro atoms. The molecular weight excluding hydrogens is 369 g/mol. The highest BCUT2D eigenvalue weighted by atomic mass is 35.5. The molecular formula is C20H13Cl2N3O. The van der Waals surface area contributed by atoms with E-state index >= 15 is 0 Å². The molecule has 0 unspecified atom stereocenters. The first-order valence-corrected chi connectivity index (χ1v) is 8.94. The zero-order valence-corrected chi connectivity index (χ0v) is 15.3. The summed E-state index contributed by atoms with van der Waals surface area (Å²) in [4.78, 5) is 9.09. The first-order chi connectivity index (χ1) is 12.6. The van der Waals surface area contributed by atoms with Crippen molar-refractivity contribution in [3.63, 3.8) is 0 Å². The summed E-state index contributed by atoms with van der Waals surface area (Å²) < 4.78 is 8.20. The summed E-state index contributed by atoms with van der Waals surface area (Å²) in [6.07, 6.45) is 2.01. The van der Waals surface area contributed by atoms with Crippen molar-refractivity contribution in [1.82, 2.24) is 9.55 Å². The molecule has 0 N–H and O–H groups in total. The van der Waals surface area contributed by atoms with Crippen LogP contribution < -0.4 is 0 Å². The molecule has 0 amide bonds. The summed E-state index contributed by atoms with van der Waals surface area (Å²) in [6, 6.07) is 13.7. The van der Waals surface area contributed by atoms with Crippen LogP contribution in [0.4, 0.5) is 0 Å². The molecule has 0 saturated heterocycles. The maximum absolute atomic E-state index is 6.42. The van der Waals surface area contributed by atoms with Crippen LogP contribution in [0.25, 0.3) is 16.7 Å². The molecule has 1 aromatic carbocycles. The van der Waals surface area contributed by atoms with Gasteiger partial charge in [0.1, 0.15) is 10.9 Å². The minimum Gasteiger partial charge on any atom is -0.452 e. The van der Waals surface area contributed by atoms with E-state index in [2.05, 4.69) is 15.6 Å². The fourth-order valence-corrected chi connectivity index (χ4v) is 3.91. The summed E-state index contributed by atoms with van der Waals surface area (Å²) in [6.45, 7) is 2.37. The van der Waals surface area contributed by atoms with Crippen LogP contribution in [0.3, 0.4) is 0 Å². The van der Waals surface area contributed by atoms with Crippen LogP contribution in [-0.4, -0.2) is 15.3 Å². The largest absolute Gasteiger partial charge is 0.452 e. The van der Waals surface area contributed by atoms with Gasteiger partial charge in [0, 0.05) is 22.2 Å². The highest BCUT2D eigenvalue weighted by molar-refractivity contribution is 6.31.